The van der Waals surface area contributed by atoms with Crippen molar-refractivity contribution < 1.29 is 4.74 Å². The molecule has 0 amide bonds. The molecule has 0 unspecified atom stereocenters. The minimum Gasteiger partial charge on any atom is -0.373 e. The number of hydrogen-bond acceptors (Lipinski definition) is 3. The molecule has 4 heteroatoms. The Bertz CT molecular complexity index is 437. The van der Waals surface area contributed by atoms with Crippen molar-refractivity contribution in [3.05, 3.63) is 36.3 Å². The fraction of sp³-hybridized carbons (Fsp3) is 0.417. The zero-order chi connectivity index (χ0) is 11.6. The van der Waals surface area contributed by atoms with Crippen LogP contribution in [0.25, 0.3) is 5.65 Å². The van der Waals surface area contributed by atoms with Gasteiger partial charge in [-0.05, 0) is 26.0 Å². The van der Waals surface area contributed by atoms with Gasteiger partial charge in [0.1, 0.15) is 5.65 Å². The van der Waals surface area contributed by atoms with Gasteiger partial charge in [0, 0.05) is 17.9 Å². The zero-order valence-corrected chi connectivity index (χ0v) is 9.68. The molecule has 0 fully saturated rings. The number of rotatable bonds is 4. The second kappa shape index (κ2) is 4.23. The molecule has 0 aromatic carbocycles. The Hall–Kier alpha value is -1.39. The van der Waals surface area contributed by atoms with Crippen LogP contribution < -0.4 is 5.73 Å². The van der Waals surface area contributed by atoms with Gasteiger partial charge in [-0.2, -0.15) is 0 Å². The van der Waals surface area contributed by atoms with Crippen LogP contribution in [0.2, 0.25) is 0 Å². The second-order valence-corrected chi connectivity index (χ2v) is 4.68. The average Bonchev–Trinajstić information content (AvgIpc) is 2.57. The number of aromatic nitrogens is 2. The number of pyridine rings is 1. The SMILES string of the molecule is CC(C)(N)COCc1cn2ccccc2n1. The monoisotopic (exact) mass is 219 g/mol. The predicted molar refractivity (Wildman–Crippen MR) is 63.1 cm³/mol. The van der Waals surface area contributed by atoms with E-state index in [4.69, 9.17) is 10.5 Å². The molecule has 0 saturated heterocycles. The smallest absolute Gasteiger partial charge is 0.137 e. The van der Waals surface area contributed by atoms with Gasteiger partial charge in [0.15, 0.2) is 0 Å². The fourth-order valence-electron chi connectivity index (χ4n) is 1.48. The summed E-state index contributed by atoms with van der Waals surface area (Å²) in [6.07, 6.45) is 3.94. The average molecular weight is 219 g/mol. The quantitative estimate of drug-likeness (QED) is 0.849. The predicted octanol–water partition coefficient (Wildman–Crippen LogP) is 1.59. The maximum atomic E-state index is 5.82. The summed E-state index contributed by atoms with van der Waals surface area (Å²) in [5.74, 6) is 0. The third-order valence-electron chi connectivity index (χ3n) is 2.14. The van der Waals surface area contributed by atoms with Crippen molar-refractivity contribution in [2.24, 2.45) is 5.73 Å². The van der Waals surface area contributed by atoms with Crippen LogP contribution in [-0.2, 0) is 11.3 Å². The van der Waals surface area contributed by atoms with Crippen LogP contribution in [0.5, 0.6) is 0 Å². The number of fused-ring (bicyclic) bond motifs is 1. The first-order valence-corrected chi connectivity index (χ1v) is 5.34. The second-order valence-electron chi connectivity index (χ2n) is 4.68. The minimum absolute atomic E-state index is 0.293. The molecule has 0 saturated carbocycles. The molecule has 0 radical (unpaired) electrons. The molecule has 2 aromatic rings. The van der Waals surface area contributed by atoms with Crippen LogP contribution in [0.15, 0.2) is 30.6 Å². The van der Waals surface area contributed by atoms with Crippen molar-refractivity contribution in [3.63, 3.8) is 0 Å². The van der Waals surface area contributed by atoms with Crippen molar-refractivity contribution in [3.8, 4) is 0 Å². The standard InChI is InChI=1S/C12H17N3O/c1-12(2,13)9-16-8-10-7-15-6-4-3-5-11(15)14-10/h3-7H,8-9,13H2,1-2H3. The Kier molecular flexibility index (Phi) is 2.94. The lowest BCUT2D eigenvalue weighted by molar-refractivity contribution is 0.0832. The number of nitrogens with zero attached hydrogens (tertiary/aromatic N) is 2. The first-order valence-electron chi connectivity index (χ1n) is 5.34. The van der Waals surface area contributed by atoms with E-state index in [-0.39, 0.29) is 5.54 Å². The van der Waals surface area contributed by atoms with Crippen molar-refractivity contribution in [1.29, 1.82) is 0 Å². The maximum absolute atomic E-state index is 5.82. The third kappa shape index (κ3) is 2.81. The fourth-order valence-corrected chi connectivity index (χ4v) is 1.48. The van der Waals surface area contributed by atoms with Crippen molar-refractivity contribution in [2.45, 2.75) is 26.0 Å². The summed E-state index contributed by atoms with van der Waals surface area (Å²) >= 11 is 0. The van der Waals surface area contributed by atoms with E-state index in [1.165, 1.54) is 0 Å². The van der Waals surface area contributed by atoms with Gasteiger partial charge < -0.3 is 14.9 Å². The zero-order valence-electron chi connectivity index (χ0n) is 9.68. The molecule has 2 heterocycles. The van der Waals surface area contributed by atoms with E-state index < -0.39 is 0 Å². The molecule has 0 aliphatic heterocycles. The van der Waals surface area contributed by atoms with Gasteiger partial charge in [0.2, 0.25) is 0 Å². The number of imidazole rings is 1. The number of ether oxygens (including phenoxy) is 1. The van der Waals surface area contributed by atoms with Gasteiger partial charge in [0.05, 0.1) is 18.9 Å². The topological polar surface area (TPSA) is 52.5 Å². The molecule has 2 rings (SSSR count). The summed E-state index contributed by atoms with van der Waals surface area (Å²) in [6, 6.07) is 5.91. The molecule has 0 aliphatic rings. The van der Waals surface area contributed by atoms with Crippen LogP contribution in [0.4, 0.5) is 0 Å². The highest BCUT2D eigenvalue weighted by atomic mass is 16.5. The van der Waals surface area contributed by atoms with Gasteiger partial charge in [-0.25, -0.2) is 4.98 Å². The maximum Gasteiger partial charge on any atom is 0.137 e. The first kappa shape index (κ1) is 11.1. The molecule has 2 aromatic heterocycles. The van der Waals surface area contributed by atoms with Crippen LogP contribution in [-0.4, -0.2) is 21.5 Å². The van der Waals surface area contributed by atoms with Crippen LogP contribution in [0.3, 0.4) is 0 Å². The first-order chi connectivity index (χ1) is 7.54. The van der Waals surface area contributed by atoms with Gasteiger partial charge in [-0.3, -0.25) is 0 Å². The highest BCUT2D eigenvalue weighted by Gasteiger charge is 2.10. The van der Waals surface area contributed by atoms with Crippen molar-refractivity contribution in [1.82, 2.24) is 9.38 Å². The summed E-state index contributed by atoms with van der Waals surface area (Å²) in [5, 5.41) is 0. The van der Waals surface area contributed by atoms with E-state index in [9.17, 15) is 0 Å². The lowest BCUT2D eigenvalue weighted by Gasteiger charge is -2.17. The van der Waals surface area contributed by atoms with Gasteiger partial charge >= 0.3 is 0 Å². The summed E-state index contributed by atoms with van der Waals surface area (Å²) in [5.41, 5.74) is 7.40. The molecular weight excluding hydrogens is 202 g/mol. The summed E-state index contributed by atoms with van der Waals surface area (Å²) in [7, 11) is 0. The molecule has 86 valence electrons. The van der Waals surface area contributed by atoms with E-state index >= 15 is 0 Å². The summed E-state index contributed by atoms with van der Waals surface area (Å²) in [6.45, 7) is 4.91. The normalized spacial score (nSPS) is 12.2. The third-order valence-corrected chi connectivity index (χ3v) is 2.14. The molecule has 2 N–H and O–H groups in total. The van der Waals surface area contributed by atoms with E-state index in [1.54, 1.807) is 0 Å². The number of nitrogens with two attached hydrogens (primary N) is 1. The highest BCUT2D eigenvalue weighted by Crippen LogP contribution is 2.06. The number of hydrogen-bond donors (Lipinski definition) is 1. The van der Waals surface area contributed by atoms with Crippen molar-refractivity contribution in [2.75, 3.05) is 6.61 Å². The summed E-state index contributed by atoms with van der Waals surface area (Å²) < 4.78 is 7.49. The van der Waals surface area contributed by atoms with Gasteiger partial charge in [0.25, 0.3) is 0 Å². The lowest BCUT2D eigenvalue weighted by Crippen LogP contribution is -2.37. The molecule has 16 heavy (non-hydrogen) atoms. The Morgan fingerprint density at radius 1 is 1.44 bits per heavy atom. The Morgan fingerprint density at radius 2 is 2.25 bits per heavy atom. The Balaban J connectivity index is 2.00. The van der Waals surface area contributed by atoms with Gasteiger partial charge in [-0.1, -0.05) is 6.07 Å². The molecule has 0 atom stereocenters. The lowest BCUT2D eigenvalue weighted by atomic mass is 10.1. The van der Waals surface area contributed by atoms with Crippen LogP contribution in [0, 0.1) is 0 Å². The van der Waals surface area contributed by atoms with E-state index in [1.807, 2.05) is 48.8 Å². The van der Waals surface area contributed by atoms with E-state index in [0.29, 0.717) is 13.2 Å². The van der Waals surface area contributed by atoms with Crippen molar-refractivity contribution >= 4 is 5.65 Å². The summed E-state index contributed by atoms with van der Waals surface area (Å²) in [4.78, 5) is 4.43. The minimum atomic E-state index is -0.293. The largest absolute Gasteiger partial charge is 0.373 e. The Morgan fingerprint density at radius 3 is 2.94 bits per heavy atom. The van der Waals surface area contributed by atoms with Gasteiger partial charge in [-0.15, -0.1) is 0 Å². The van der Waals surface area contributed by atoms with E-state index in [2.05, 4.69) is 4.98 Å². The molecule has 0 spiro atoms. The Labute approximate surface area is 95.0 Å². The molecule has 0 aliphatic carbocycles. The highest BCUT2D eigenvalue weighted by molar-refractivity contribution is 5.39. The molecule has 4 nitrogen and oxygen atoms in total. The molecular formula is C12H17N3O. The van der Waals surface area contributed by atoms with Crippen LogP contribution in [0.1, 0.15) is 19.5 Å². The van der Waals surface area contributed by atoms with Crippen LogP contribution >= 0.6 is 0 Å². The van der Waals surface area contributed by atoms with E-state index in [0.717, 1.165) is 11.3 Å². The molecule has 0 bridgehead atoms.